The van der Waals surface area contributed by atoms with Crippen LogP contribution in [0.25, 0.3) is 0 Å². The molecule has 0 unspecified atom stereocenters. The maximum absolute atomic E-state index is 13.7. The predicted octanol–water partition coefficient (Wildman–Crippen LogP) is 2.67. The zero-order valence-corrected chi connectivity index (χ0v) is 13.4. The van der Waals surface area contributed by atoms with Gasteiger partial charge in [0.1, 0.15) is 11.4 Å². The van der Waals surface area contributed by atoms with E-state index in [1.807, 2.05) is 6.07 Å². The molecule has 0 atom stereocenters. The van der Waals surface area contributed by atoms with Crippen LogP contribution in [-0.4, -0.2) is 31.2 Å². The summed E-state index contributed by atoms with van der Waals surface area (Å²) in [6.45, 7) is 1.00. The molecule has 0 bridgehead atoms. The van der Waals surface area contributed by atoms with E-state index in [0.29, 0.717) is 31.6 Å². The number of carbonyl (C=O) groups excluding carboxylic acids is 1. The van der Waals surface area contributed by atoms with Crippen LogP contribution in [0.4, 0.5) is 4.39 Å². The summed E-state index contributed by atoms with van der Waals surface area (Å²) in [6, 6.07) is 9.67. The van der Waals surface area contributed by atoms with Crippen LogP contribution in [0.1, 0.15) is 28.8 Å². The fourth-order valence-electron chi connectivity index (χ4n) is 3.00. The number of aromatic nitrogens is 1. The van der Waals surface area contributed by atoms with Crippen LogP contribution >= 0.6 is 0 Å². The van der Waals surface area contributed by atoms with E-state index >= 15 is 0 Å². The minimum Gasteiger partial charge on any atom is -0.480 e. The maximum Gasteiger partial charge on any atom is 0.257 e. The molecule has 3 rings (SSSR count). The van der Waals surface area contributed by atoms with E-state index in [1.165, 1.54) is 19.2 Å². The highest BCUT2D eigenvalue weighted by Gasteiger charge is 2.37. The van der Waals surface area contributed by atoms with Gasteiger partial charge >= 0.3 is 0 Å². The second kappa shape index (κ2) is 6.97. The van der Waals surface area contributed by atoms with E-state index in [-0.39, 0.29) is 17.6 Å². The molecule has 2 aromatic rings. The summed E-state index contributed by atoms with van der Waals surface area (Å²) in [6.07, 6.45) is 2.71. The van der Waals surface area contributed by atoms with Gasteiger partial charge in [-0.15, -0.1) is 0 Å². The highest BCUT2D eigenvalue weighted by molar-refractivity contribution is 5.96. The Morgan fingerprint density at radius 1 is 1.29 bits per heavy atom. The number of amides is 1. The monoisotopic (exact) mass is 330 g/mol. The number of nitrogens with zero attached hydrogens (tertiary/aromatic N) is 1. The van der Waals surface area contributed by atoms with E-state index in [0.717, 1.165) is 5.56 Å². The number of carbonyl (C=O) groups is 1. The molecule has 1 fully saturated rings. The van der Waals surface area contributed by atoms with Gasteiger partial charge in [-0.1, -0.05) is 12.1 Å². The van der Waals surface area contributed by atoms with Gasteiger partial charge in [-0.2, -0.15) is 0 Å². The van der Waals surface area contributed by atoms with Crippen molar-refractivity contribution in [3.63, 3.8) is 0 Å². The van der Waals surface area contributed by atoms with Crippen molar-refractivity contribution in [3.05, 3.63) is 59.5 Å². The molecule has 24 heavy (non-hydrogen) atoms. The first kappa shape index (κ1) is 16.4. The summed E-state index contributed by atoms with van der Waals surface area (Å²) in [5, 5.41) is 3.06. The third kappa shape index (κ3) is 3.23. The van der Waals surface area contributed by atoms with Crippen molar-refractivity contribution < 1.29 is 18.7 Å². The quantitative estimate of drug-likeness (QED) is 0.936. The second-order valence-corrected chi connectivity index (χ2v) is 5.72. The van der Waals surface area contributed by atoms with Crippen molar-refractivity contribution in [1.29, 1.82) is 0 Å². The summed E-state index contributed by atoms with van der Waals surface area (Å²) < 4.78 is 24.3. The Morgan fingerprint density at radius 2 is 2.08 bits per heavy atom. The number of benzene rings is 1. The smallest absolute Gasteiger partial charge is 0.257 e. The molecule has 1 amide bonds. The largest absolute Gasteiger partial charge is 0.480 e. The van der Waals surface area contributed by atoms with Crippen LogP contribution in [0.15, 0.2) is 42.6 Å². The molecule has 1 saturated heterocycles. The van der Waals surface area contributed by atoms with E-state index in [1.54, 1.807) is 24.4 Å². The van der Waals surface area contributed by atoms with E-state index in [4.69, 9.17) is 9.47 Å². The van der Waals surface area contributed by atoms with Crippen LogP contribution in [0.5, 0.6) is 5.88 Å². The minimum absolute atomic E-state index is 0.261. The van der Waals surface area contributed by atoms with Gasteiger partial charge in [-0.3, -0.25) is 4.79 Å². The highest BCUT2D eigenvalue weighted by Crippen LogP contribution is 2.33. The molecule has 1 aromatic carbocycles. The lowest BCUT2D eigenvalue weighted by molar-refractivity contribution is 0.0343. The number of rotatable bonds is 4. The van der Waals surface area contributed by atoms with Crippen molar-refractivity contribution in [1.82, 2.24) is 10.3 Å². The fourth-order valence-corrected chi connectivity index (χ4v) is 3.00. The lowest BCUT2D eigenvalue weighted by Gasteiger charge is -2.38. The lowest BCUT2D eigenvalue weighted by atomic mass is 9.82. The summed E-state index contributed by atoms with van der Waals surface area (Å²) in [4.78, 5) is 16.8. The zero-order valence-electron chi connectivity index (χ0n) is 13.4. The molecule has 0 spiro atoms. The number of ether oxygens (including phenoxy) is 2. The number of hydrogen-bond donors (Lipinski definition) is 1. The maximum atomic E-state index is 13.7. The van der Waals surface area contributed by atoms with Crippen LogP contribution in [0.3, 0.4) is 0 Å². The van der Waals surface area contributed by atoms with Gasteiger partial charge in [0.15, 0.2) is 0 Å². The first-order valence-electron chi connectivity index (χ1n) is 7.80. The molecule has 0 aliphatic carbocycles. The summed E-state index contributed by atoms with van der Waals surface area (Å²) >= 11 is 0. The van der Waals surface area contributed by atoms with Gasteiger partial charge in [-0.25, -0.2) is 9.37 Å². The number of methoxy groups -OCH3 is 1. The number of halogens is 1. The number of pyridine rings is 1. The molecular formula is C18H19FN2O3. The summed E-state index contributed by atoms with van der Waals surface area (Å²) in [5.41, 5.74) is 0.419. The van der Waals surface area contributed by atoms with Crippen LogP contribution in [-0.2, 0) is 10.3 Å². The topological polar surface area (TPSA) is 60.5 Å². The molecular weight excluding hydrogens is 311 g/mol. The minimum atomic E-state index is -0.668. The fraction of sp³-hybridized carbons (Fsp3) is 0.333. The van der Waals surface area contributed by atoms with Gasteiger partial charge in [0.2, 0.25) is 5.88 Å². The molecule has 0 radical (unpaired) electrons. The Morgan fingerprint density at radius 3 is 2.79 bits per heavy atom. The Bertz CT molecular complexity index is 730. The summed E-state index contributed by atoms with van der Waals surface area (Å²) in [7, 11) is 1.47. The first-order valence-corrected chi connectivity index (χ1v) is 7.80. The lowest BCUT2D eigenvalue weighted by Crippen LogP contribution is -2.49. The molecule has 1 aliphatic rings. The standard InChI is InChI=1S/C18H19FN2O3/c1-23-17-15(6-3-9-20-17)16(22)21-18(7-10-24-11-8-18)13-4-2-5-14(19)12-13/h2-6,9,12H,7-8,10-11H2,1H3,(H,21,22). The van der Waals surface area contributed by atoms with Gasteiger partial charge in [0, 0.05) is 19.4 Å². The predicted molar refractivity (Wildman–Crippen MR) is 86.4 cm³/mol. The molecule has 126 valence electrons. The van der Waals surface area contributed by atoms with Crippen LogP contribution < -0.4 is 10.1 Å². The molecule has 2 heterocycles. The van der Waals surface area contributed by atoms with Gasteiger partial charge in [-0.05, 0) is 42.7 Å². The second-order valence-electron chi connectivity index (χ2n) is 5.72. The van der Waals surface area contributed by atoms with Crippen molar-refractivity contribution in [2.24, 2.45) is 0 Å². The third-order valence-corrected chi connectivity index (χ3v) is 4.29. The van der Waals surface area contributed by atoms with Crippen molar-refractivity contribution in [2.45, 2.75) is 18.4 Å². The van der Waals surface area contributed by atoms with Gasteiger partial charge in [0.05, 0.1) is 12.6 Å². The van der Waals surface area contributed by atoms with E-state index < -0.39 is 5.54 Å². The first-order chi connectivity index (χ1) is 11.6. The number of hydrogen-bond acceptors (Lipinski definition) is 4. The normalized spacial score (nSPS) is 16.4. The molecule has 1 aliphatic heterocycles. The van der Waals surface area contributed by atoms with E-state index in [2.05, 4.69) is 10.3 Å². The zero-order chi connectivity index (χ0) is 17.0. The molecule has 5 nitrogen and oxygen atoms in total. The Balaban J connectivity index is 1.94. The van der Waals surface area contributed by atoms with Gasteiger partial charge in [0.25, 0.3) is 5.91 Å². The average molecular weight is 330 g/mol. The van der Waals surface area contributed by atoms with Crippen molar-refractivity contribution in [2.75, 3.05) is 20.3 Å². The van der Waals surface area contributed by atoms with E-state index in [9.17, 15) is 9.18 Å². The number of nitrogens with one attached hydrogen (secondary N) is 1. The molecule has 1 aromatic heterocycles. The van der Waals surface area contributed by atoms with Crippen molar-refractivity contribution >= 4 is 5.91 Å². The highest BCUT2D eigenvalue weighted by atomic mass is 19.1. The van der Waals surface area contributed by atoms with Crippen LogP contribution in [0, 0.1) is 5.82 Å². The summed E-state index contributed by atoms with van der Waals surface area (Å²) in [5.74, 6) is -0.367. The SMILES string of the molecule is COc1ncccc1C(=O)NC1(c2cccc(F)c2)CCOCC1. The van der Waals surface area contributed by atoms with Crippen LogP contribution in [0.2, 0.25) is 0 Å². The van der Waals surface area contributed by atoms with Gasteiger partial charge < -0.3 is 14.8 Å². The Hall–Kier alpha value is -2.47. The Kier molecular flexibility index (Phi) is 4.76. The molecule has 6 heteroatoms. The van der Waals surface area contributed by atoms with Crippen molar-refractivity contribution in [3.8, 4) is 5.88 Å². The Labute approximate surface area is 139 Å². The third-order valence-electron chi connectivity index (χ3n) is 4.29. The molecule has 1 N–H and O–H groups in total. The molecule has 0 saturated carbocycles. The average Bonchev–Trinajstić information content (AvgIpc) is 2.62.